The molecule has 104 valence electrons. The summed E-state index contributed by atoms with van der Waals surface area (Å²) in [5, 5.41) is 6.36. The summed E-state index contributed by atoms with van der Waals surface area (Å²) in [6, 6.07) is 10.3. The summed E-state index contributed by atoms with van der Waals surface area (Å²) in [6.45, 7) is 2.13. The molecule has 1 aromatic heterocycles. The first-order valence-electron chi connectivity index (χ1n) is 6.92. The van der Waals surface area contributed by atoms with Gasteiger partial charge >= 0.3 is 0 Å². The summed E-state index contributed by atoms with van der Waals surface area (Å²) < 4.78 is 5.36. The second-order valence-electron chi connectivity index (χ2n) is 5.25. The second kappa shape index (κ2) is 5.41. The van der Waals surface area contributed by atoms with Gasteiger partial charge in [0.15, 0.2) is 0 Å². The second-order valence-corrected chi connectivity index (χ2v) is 5.25. The molecule has 0 saturated carbocycles. The van der Waals surface area contributed by atoms with E-state index in [1.165, 1.54) is 5.56 Å². The van der Waals surface area contributed by atoms with E-state index in [1.54, 1.807) is 6.26 Å². The van der Waals surface area contributed by atoms with Gasteiger partial charge in [-0.3, -0.25) is 4.79 Å². The van der Waals surface area contributed by atoms with Crippen molar-refractivity contribution >= 4 is 17.3 Å². The van der Waals surface area contributed by atoms with E-state index in [2.05, 4.69) is 23.6 Å². The molecule has 0 radical (unpaired) electrons. The van der Waals surface area contributed by atoms with Crippen LogP contribution in [0.1, 0.15) is 24.7 Å². The molecule has 0 fully saturated rings. The fourth-order valence-corrected chi connectivity index (χ4v) is 2.54. The van der Waals surface area contributed by atoms with Crippen LogP contribution in [0.5, 0.6) is 0 Å². The van der Waals surface area contributed by atoms with Gasteiger partial charge < -0.3 is 15.1 Å². The topological polar surface area (TPSA) is 54.3 Å². The minimum Gasteiger partial charge on any atom is -0.469 e. The van der Waals surface area contributed by atoms with Gasteiger partial charge in [-0.1, -0.05) is 0 Å². The van der Waals surface area contributed by atoms with Crippen LogP contribution in [-0.4, -0.2) is 11.9 Å². The summed E-state index contributed by atoms with van der Waals surface area (Å²) in [5.74, 6) is 1.08. The third-order valence-corrected chi connectivity index (χ3v) is 3.50. The Hall–Kier alpha value is -2.23. The van der Waals surface area contributed by atoms with Crippen LogP contribution in [0.25, 0.3) is 0 Å². The zero-order valence-corrected chi connectivity index (χ0v) is 11.5. The van der Waals surface area contributed by atoms with Gasteiger partial charge in [-0.15, -0.1) is 0 Å². The molecule has 3 rings (SSSR count). The summed E-state index contributed by atoms with van der Waals surface area (Å²) >= 11 is 0. The molecule has 2 heterocycles. The number of aryl methyl sites for hydroxylation is 1. The molecule has 1 aromatic carbocycles. The lowest BCUT2D eigenvalue weighted by Gasteiger charge is -2.20. The summed E-state index contributed by atoms with van der Waals surface area (Å²) in [7, 11) is 0. The number of carbonyl (C=O) groups is 1. The van der Waals surface area contributed by atoms with Gasteiger partial charge in [0, 0.05) is 30.3 Å². The van der Waals surface area contributed by atoms with Crippen molar-refractivity contribution in [1.29, 1.82) is 0 Å². The van der Waals surface area contributed by atoms with Crippen LogP contribution in [-0.2, 0) is 17.6 Å². The average Bonchev–Trinajstić information content (AvgIpc) is 2.91. The van der Waals surface area contributed by atoms with Crippen LogP contribution in [0.3, 0.4) is 0 Å². The Bertz CT molecular complexity index is 605. The van der Waals surface area contributed by atoms with E-state index in [4.69, 9.17) is 4.42 Å². The Morgan fingerprint density at radius 1 is 1.35 bits per heavy atom. The molecule has 0 bridgehead atoms. The van der Waals surface area contributed by atoms with Crippen LogP contribution in [0.4, 0.5) is 11.4 Å². The molecule has 1 amide bonds. The lowest BCUT2D eigenvalue weighted by Crippen LogP contribution is -2.20. The molecule has 1 aliphatic rings. The number of hydrogen-bond donors (Lipinski definition) is 2. The largest absolute Gasteiger partial charge is 0.469 e. The molecule has 20 heavy (non-hydrogen) atoms. The maximum absolute atomic E-state index is 11.3. The van der Waals surface area contributed by atoms with E-state index in [0.717, 1.165) is 30.0 Å². The molecule has 0 saturated heterocycles. The number of fused-ring (bicyclic) bond motifs is 1. The Morgan fingerprint density at radius 3 is 3.05 bits per heavy atom. The predicted molar refractivity (Wildman–Crippen MR) is 78.9 cm³/mol. The fraction of sp³-hybridized carbons (Fsp3) is 0.312. The lowest BCUT2D eigenvalue weighted by molar-refractivity contribution is -0.116. The van der Waals surface area contributed by atoms with Crippen LogP contribution in [0.2, 0.25) is 0 Å². The van der Waals surface area contributed by atoms with Crippen molar-refractivity contribution in [3.05, 3.63) is 47.9 Å². The number of furan rings is 1. The number of hydrogen-bond acceptors (Lipinski definition) is 3. The zero-order valence-electron chi connectivity index (χ0n) is 11.5. The monoisotopic (exact) mass is 270 g/mol. The van der Waals surface area contributed by atoms with Crippen molar-refractivity contribution in [3.63, 3.8) is 0 Å². The fourth-order valence-electron chi connectivity index (χ4n) is 2.54. The number of anilines is 2. The molecule has 4 heteroatoms. The summed E-state index contributed by atoms with van der Waals surface area (Å²) in [6.07, 6.45) is 3.92. The van der Waals surface area contributed by atoms with Gasteiger partial charge in [-0.05, 0) is 49.2 Å². The van der Waals surface area contributed by atoms with Crippen molar-refractivity contribution in [1.82, 2.24) is 0 Å². The Labute approximate surface area is 118 Å². The highest BCUT2D eigenvalue weighted by atomic mass is 16.3. The zero-order chi connectivity index (χ0) is 13.9. The molecule has 1 aliphatic heterocycles. The normalized spacial score (nSPS) is 15.3. The predicted octanol–water partition coefficient (Wildman–Crippen LogP) is 3.21. The van der Waals surface area contributed by atoms with Crippen molar-refractivity contribution in [2.24, 2.45) is 0 Å². The number of amides is 1. The molecule has 0 spiro atoms. The van der Waals surface area contributed by atoms with Crippen LogP contribution < -0.4 is 10.6 Å². The minimum atomic E-state index is 0.101. The van der Waals surface area contributed by atoms with E-state index in [-0.39, 0.29) is 11.9 Å². The molecule has 0 aliphatic carbocycles. The van der Waals surface area contributed by atoms with E-state index in [1.807, 2.05) is 24.3 Å². The SMILES string of the molecule is CC(Cc1ccco1)Nc1ccc2c(c1)CCC(=O)N2. The average molecular weight is 270 g/mol. The number of carbonyl (C=O) groups excluding carboxylic acids is 1. The number of nitrogens with one attached hydrogen (secondary N) is 2. The van der Waals surface area contributed by atoms with E-state index < -0.39 is 0 Å². The van der Waals surface area contributed by atoms with Crippen LogP contribution >= 0.6 is 0 Å². The number of benzene rings is 1. The summed E-state index contributed by atoms with van der Waals surface area (Å²) in [5.41, 5.74) is 3.21. The lowest BCUT2D eigenvalue weighted by atomic mass is 10.0. The molecular formula is C16H18N2O2. The highest BCUT2D eigenvalue weighted by molar-refractivity contribution is 5.94. The van der Waals surface area contributed by atoms with Gasteiger partial charge in [0.2, 0.25) is 5.91 Å². The van der Waals surface area contributed by atoms with Gasteiger partial charge in [0.05, 0.1) is 6.26 Å². The third kappa shape index (κ3) is 2.85. The molecular weight excluding hydrogens is 252 g/mol. The Kier molecular flexibility index (Phi) is 3.46. The number of rotatable bonds is 4. The Morgan fingerprint density at radius 2 is 2.25 bits per heavy atom. The first-order chi connectivity index (χ1) is 9.70. The van der Waals surface area contributed by atoms with Crippen molar-refractivity contribution in [3.8, 4) is 0 Å². The smallest absolute Gasteiger partial charge is 0.224 e. The highest BCUT2D eigenvalue weighted by Gasteiger charge is 2.15. The van der Waals surface area contributed by atoms with Gasteiger partial charge in [0.25, 0.3) is 0 Å². The molecule has 2 N–H and O–H groups in total. The molecule has 1 atom stereocenters. The third-order valence-electron chi connectivity index (χ3n) is 3.50. The maximum atomic E-state index is 11.3. The van der Waals surface area contributed by atoms with Gasteiger partial charge in [0.1, 0.15) is 5.76 Å². The van der Waals surface area contributed by atoms with Crippen molar-refractivity contribution < 1.29 is 9.21 Å². The van der Waals surface area contributed by atoms with E-state index >= 15 is 0 Å². The van der Waals surface area contributed by atoms with Crippen molar-refractivity contribution in [2.45, 2.75) is 32.2 Å². The van der Waals surface area contributed by atoms with E-state index in [0.29, 0.717) is 6.42 Å². The standard InChI is InChI=1S/C16H18N2O2/c1-11(9-14-3-2-8-20-14)17-13-5-6-15-12(10-13)4-7-16(19)18-15/h2-3,5-6,8,10-11,17H,4,7,9H2,1H3,(H,18,19). The first-order valence-corrected chi connectivity index (χ1v) is 6.92. The first kappa shape index (κ1) is 12.8. The van der Waals surface area contributed by atoms with E-state index in [9.17, 15) is 4.79 Å². The minimum absolute atomic E-state index is 0.101. The molecule has 1 unspecified atom stereocenters. The Balaban J connectivity index is 1.67. The molecule has 4 nitrogen and oxygen atoms in total. The van der Waals surface area contributed by atoms with Gasteiger partial charge in [-0.25, -0.2) is 0 Å². The summed E-state index contributed by atoms with van der Waals surface area (Å²) in [4.78, 5) is 11.3. The maximum Gasteiger partial charge on any atom is 0.224 e. The highest BCUT2D eigenvalue weighted by Crippen LogP contribution is 2.26. The molecule has 2 aromatic rings. The quantitative estimate of drug-likeness (QED) is 0.897. The van der Waals surface area contributed by atoms with Crippen molar-refractivity contribution in [2.75, 3.05) is 10.6 Å². The van der Waals surface area contributed by atoms with Gasteiger partial charge in [-0.2, -0.15) is 0 Å². The van der Waals surface area contributed by atoms with Crippen LogP contribution in [0.15, 0.2) is 41.0 Å². The van der Waals surface area contributed by atoms with Crippen LogP contribution in [0, 0.1) is 0 Å².